The lowest BCUT2D eigenvalue weighted by Crippen LogP contribution is -2.47. The molecule has 0 radical (unpaired) electrons. The fourth-order valence-corrected chi connectivity index (χ4v) is 4.03. The molecule has 1 aromatic rings. The lowest BCUT2D eigenvalue weighted by atomic mass is 9.92. The lowest BCUT2D eigenvalue weighted by Gasteiger charge is -2.35. The molecular formula is C20H26F3N3O2. The first-order valence-electron chi connectivity index (χ1n) is 9.84. The second-order valence-corrected chi connectivity index (χ2v) is 7.60. The summed E-state index contributed by atoms with van der Waals surface area (Å²) in [4.78, 5) is 24.9. The molecule has 0 aliphatic carbocycles. The van der Waals surface area contributed by atoms with Gasteiger partial charge in [-0.05, 0) is 43.4 Å². The summed E-state index contributed by atoms with van der Waals surface area (Å²) in [5, 5.41) is 5.04. The number of carbonyl (C=O) groups is 2. The van der Waals surface area contributed by atoms with E-state index in [1.165, 1.54) is 6.07 Å². The zero-order valence-electron chi connectivity index (χ0n) is 15.9. The average Bonchev–Trinajstić information content (AvgIpc) is 2.64. The van der Waals surface area contributed by atoms with Crippen LogP contribution in [-0.4, -0.2) is 30.9 Å². The number of nitrogens with zero attached hydrogens (tertiary/aromatic N) is 1. The van der Waals surface area contributed by atoms with Crippen LogP contribution in [-0.2, 0) is 15.8 Å². The van der Waals surface area contributed by atoms with E-state index >= 15 is 0 Å². The van der Waals surface area contributed by atoms with Crippen LogP contribution in [0, 0.1) is 5.92 Å². The lowest BCUT2D eigenvalue weighted by molar-refractivity contribution is -0.137. The van der Waals surface area contributed by atoms with Gasteiger partial charge in [-0.3, -0.25) is 14.9 Å². The minimum atomic E-state index is -4.49. The third-order valence-corrected chi connectivity index (χ3v) is 5.53. The topological polar surface area (TPSA) is 61.4 Å². The molecule has 0 bridgehead atoms. The van der Waals surface area contributed by atoms with Crippen LogP contribution in [0.5, 0.6) is 0 Å². The molecule has 2 aliphatic heterocycles. The Morgan fingerprint density at radius 2 is 1.89 bits per heavy atom. The average molecular weight is 397 g/mol. The summed E-state index contributed by atoms with van der Waals surface area (Å²) in [6.07, 6.45) is -0.0338. The van der Waals surface area contributed by atoms with E-state index in [0.29, 0.717) is 19.0 Å². The molecule has 8 heteroatoms. The molecular weight excluding hydrogens is 371 g/mol. The van der Waals surface area contributed by atoms with E-state index in [-0.39, 0.29) is 30.1 Å². The van der Waals surface area contributed by atoms with Crippen molar-refractivity contribution < 1.29 is 22.8 Å². The predicted molar refractivity (Wildman–Crippen MR) is 101 cm³/mol. The van der Waals surface area contributed by atoms with Crippen LogP contribution in [0.3, 0.4) is 0 Å². The van der Waals surface area contributed by atoms with E-state index in [1.54, 1.807) is 6.07 Å². The van der Waals surface area contributed by atoms with Gasteiger partial charge in [-0.25, -0.2) is 0 Å². The van der Waals surface area contributed by atoms with Gasteiger partial charge in [0.25, 0.3) is 0 Å². The maximum Gasteiger partial charge on any atom is 0.418 e. The maximum atomic E-state index is 13.7. The summed E-state index contributed by atoms with van der Waals surface area (Å²) in [5.41, 5.74) is -0.276. The first kappa shape index (κ1) is 20.5. The SMILES string of the molecule is CCCC1CCN(c2ccc(NC3CCC(=O)NC3=O)cc2C(F)(F)F)CC1. The molecule has 154 valence electrons. The second kappa shape index (κ2) is 8.41. The van der Waals surface area contributed by atoms with Gasteiger partial charge in [0, 0.05) is 30.9 Å². The Kier molecular flexibility index (Phi) is 6.15. The Balaban J connectivity index is 1.77. The Labute approximate surface area is 162 Å². The first-order valence-corrected chi connectivity index (χ1v) is 9.84. The number of halogens is 3. The van der Waals surface area contributed by atoms with Gasteiger partial charge in [-0.15, -0.1) is 0 Å². The van der Waals surface area contributed by atoms with Gasteiger partial charge in [0.1, 0.15) is 6.04 Å². The maximum absolute atomic E-state index is 13.7. The molecule has 2 fully saturated rings. The molecule has 1 unspecified atom stereocenters. The monoisotopic (exact) mass is 397 g/mol. The summed E-state index contributed by atoms with van der Waals surface area (Å²) in [6, 6.07) is 3.41. The van der Waals surface area contributed by atoms with Crippen molar-refractivity contribution in [2.24, 2.45) is 5.92 Å². The normalized spacial score (nSPS) is 21.6. The molecule has 0 aromatic heterocycles. The van der Waals surface area contributed by atoms with Crippen molar-refractivity contribution in [3.63, 3.8) is 0 Å². The number of anilines is 2. The van der Waals surface area contributed by atoms with Crippen LogP contribution in [0.1, 0.15) is 51.0 Å². The smallest absolute Gasteiger partial charge is 0.374 e. The summed E-state index contributed by atoms with van der Waals surface area (Å²) in [6.45, 7) is 3.36. The van der Waals surface area contributed by atoms with Crippen molar-refractivity contribution in [3.05, 3.63) is 23.8 Å². The highest BCUT2D eigenvalue weighted by Crippen LogP contribution is 2.40. The third kappa shape index (κ3) is 4.77. The van der Waals surface area contributed by atoms with Crippen molar-refractivity contribution in [2.45, 2.75) is 57.7 Å². The first-order chi connectivity index (χ1) is 13.3. The summed E-state index contributed by atoms with van der Waals surface area (Å²) in [7, 11) is 0. The van der Waals surface area contributed by atoms with E-state index in [9.17, 15) is 22.8 Å². The van der Waals surface area contributed by atoms with Crippen LogP contribution in [0.4, 0.5) is 24.5 Å². The molecule has 2 saturated heterocycles. The molecule has 2 amide bonds. The molecule has 0 saturated carbocycles. The van der Waals surface area contributed by atoms with Crippen molar-refractivity contribution in [1.29, 1.82) is 0 Å². The largest absolute Gasteiger partial charge is 0.418 e. The minimum absolute atomic E-state index is 0.167. The molecule has 28 heavy (non-hydrogen) atoms. The van der Waals surface area contributed by atoms with Crippen LogP contribution >= 0.6 is 0 Å². The van der Waals surface area contributed by atoms with Crippen molar-refractivity contribution in [3.8, 4) is 0 Å². The third-order valence-electron chi connectivity index (χ3n) is 5.53. The Morgan fingerprint density at radius 3 is 2.50 bits per heavy atom. The number of rotatable bonds is 5. The number of nitrogens with one attached hydrogen (secondary N) is 2. The minimum Gasteiger partial charge on any atom is -0.374 e. The van der Waals surface area contributed by atoms with E-state index in [4.69, 9.17) is 0 Å². The molecule has 2 N–H and O–H groups in total. The number of benzene rings is 1. The van der Waals surface area contributed by atoms with Gasteiger partial charge >= 0.3 is 6.18 Å². The van der Waals surface area contributed by atoms with Crippen LogP contribution in [0.15, 0.2) is 18.2 Å². The number of hydrogen-bond donors (Lipinski definition) is 2. The molecule has 2 aliphatic rings. The Hall–Kier alpha value is -2.25. The fourth-order valence-electron chi connectivity index (χ4n) is 4.03. The van der Waals surface area contributed by atoms with Crippen molar-refractivity contribution >= 4 is 23.2 Å². The zero-order valence-corrected chi connectivity index (χ0v) is 15.9. The highest BCUT2D eigenvalue weighted by molar-refractivity contribution is 6.01. The second-order valence-electron chi connectivity index (χ2n) is 7.60. The van der Waals surface area contributed by atoms with Gasteiger partial charge in [0.05, 0.1) is 5.56 Å². The van der Waals surface area contributed by atoms with E-state index in [2.05, 4.69) is 17.6 Å². The molecule has 3 rings (SSSR count). The molecule has 1 aromatic carbocycles. The molecule has 0 spiro atoms. The number of carbonyl (C=O) groups excluding carboxylic acids is 2. The highest BCUT2D eigenvalue weighted by atomic mass is 19.4. The van der Waals surface area contributed by atoms with Gasteiger partial charge in [-0.2, -0.15) is 13.2 Å². The van der Waals surface area contributed by atoms with Crippen LogP contribution < -0.4 is 15.5 Å². The number of imide groups is 1. The van der Waals surface area contributed by atoms with Crippen molar-refractivity contribution in [2.75, 3.05) is 23.3 Å². The van der Waals surface area contributed by atoms with Gasteiger partial charge in [0.2, 0.25) is 11.8 Å². The number of alkyl halides is 3. The molecule has 5 nitrogen and oxygen atoms in total. The van der Waals surface area contributed by atoms with Gasteiger partial charge in [0.15, 0.2) is 0 Å². The zero-order chi connectivity index (χ0) is 20.3. The Bertz CT molecular complexity index is 728. The molecule has 1 atom stereocenters. The van der Waals surface area contributed by atoms with E-state index < -0.39 is 23.7 Å². The Morgan fingerprint density at radius 1 is 1.18 bits per heavy atom. The van der Waals surface area contributed by atoms with Crippen molar-refractivity contribution in [1.82, 2.24) is 5.32 Å². The van der Waals surface area contributed by atoms with Crippen LogP contribution in [0.25, 0.3) is 0 Å². The van der Waals surface area contributed by atoms with Crippen LogP contribution in [0.2, 0.25) is 0 Å². The number of piperidine rings is 2. The van der Waals surface area contributed by atoms with E-state index in [1.807, 2.05) is 4.90 Å². The fraction of sp³-hybridized carbons (Fsp3) is 0.600. The number of hydrogen-bond acceptors (Lipinski definition) is 4. The highest BCUT2D eigenvalue weighted by Gasteiger charge is 2.36. The predicted octanol–water partition coefficient (Wildman–Crippen LogP) is 3.94. The summed E-state index contributed by atoms with van der Waals surface area (Å²) in [5.74, 6) is -0.281. The van der Waals surface area contributed by atoms with Gasteiger partial charge in [-0.1, -0.05) is 19.8 Å². The molecule has 2 heterocycles. The standard InChI is InChI=1S/C20H26F3N3O2/c1-2-3-13-8-10-26(11-9-13)17-6-4-14(12-15(17)20(21,22)23)24-16-5-7-18(27)25-19(16)28/h4,6,12-13,16,24H,2-3,5,7-11H2,1H3,(H,25,27,28). The van der Waals surface area contributed by atoms with Gasteiger partial charge < -0.3 is 10.2 Å². The summed E-state index contributed by atoms with van der Waals surface area (Å²) >= 11 is 0. The van der Waals surface area contributed by atoms with E-state index in [0.717, 1.165) is 31.7 Å². The number of amides is 2. The summed E-state index contributed by atoms with van der Waals surface area (Å²) < 4.78 is 41.1. The quantitative estimate of drug-likeness (QED) is 0.739.